The molecule has 0 aliphatic carbocycles. The number of H-pyrrole nitrogens is 2. The average Bonchev–Trinajstić information content (AvgIpc) is 3.51. The molecule has 0 atom stereocenters. The highest BCUT2D eigenvalue weighted by molar-refractivity contribution is 7.90. The number of benzene rings is 1. The summed E-state index contributed by atoms with van der Waals surface area (Å²) in [6.45, 7) is 0. The molecule has 2 N–H and O–H groups in total. The van der Waals surface area contributed by atoms with Crippen LogP contribution in [0.25, 0.3) is 55.6 Å². The first-order valence-electron chi connectivity index (χ1n) is 11.5. The Labute approximate surface area is 211 Å². The number of hydrogen-bond donors (Lipinski definition) is 2. The maximum absolute atomic E-state index is 14.5. The minimum atomic E-state index is -3.17. The Balaban J connectivity index is 1.44. The van der Waals surface area contributed by atoms with Gasteiger partial charge in [0.2, 0.25) is 0 Å². The van der Waals surface area contributed by atoms with Gasteiger partial charge in [0, 0.05) is 52.9 Å². The average molecular weight is 513 g/mol. The van der Waals surface area contributed by atoms with Gasteiger partial charge in [-0.2, -0.15) is 5.10 Å². The number of hydrogen-bond acceptors (Lipinski definition) is 6. The first kappa shape index (κ1) is 23.0. The molecule has 0 aliphatic rings. The lowest BCUT2D eigenvalue weighted by molar-refractivity contribution is 0.600. The van der Waals surface area contributed by atoms with Crippen LogP contribution in [0.1, 0.15) is 5.56 Å². The molecular formula is C27H21FN6O2S. The molecule has 0 spiro atoms. The molecule has 1 aromatic carbocycles. The summed E-state index contributed by atoms with van der Waals surface area (Å²) in [5.41, 5.74) is 6.84. The first-order valence-corrected chi connectivity index (χ1v) is 13.6. The fourth-order valence-electron chi connectivity index (χ4n) is 4.48. The van der Waals surface area contributed by atoms with Crippen molar-refractivity contribution in [3.63, 3.8) is 0 Å². The van der Waals surface area contributed by atoms with Crippen LogP contribution in [0.2, 0.25) is 0 Å². The summed E-state index contributed by atoms with van der Waals surface area (Å²) in [5, 5.41) is 9.15. The summed E-state index contributed by atoms with van der Waals surface area (Å²) in [6.07, 6.45) is 10.1. The summed E-state index contributed by atoms with van der Waals surface area (Å²) in [5.74, 6) is -0.474. The van der Waals surface area contributed by atoms with E-state index < -0.39 is 15.7 Å². The molecule has 0 saturated carbocycles. The second-order valence-corrected chi connectivity index (χ2v) is 11.2. The number of fused-ring (bicyclic) bond motifs is 2. The van der Waals surface area contributed by atoms with E-state index in [9.17, 15) is 12.8 Å². The topological polar surface area (TPSA) is 117 Å². The Morgan fingerprint density at radius 3 is 2.54 bits per heavy atom. The van der Waals surface area contributed by atoms with Crippen molar-refractivity contribution in [1.29, 1.82) is 0 Å². The molecule has 0 radical (unpaired) electrons. The Bertz CT molecular complexity index is 1880. The van der Waals surface area contributed by atoms with Gasteiger partial charge in [0.15, 0.2) is 5.65 Å². The molecule has 0 unspecified atom stereocenters. The largest absolute Gasteiger partial charge is 0.352 e. The smallest absolute Gasteiger partial charge is 0.181 e. The SMILES string of the molecule is CS(=O)(=O)CCc1cc(F)cc(-c2cncc3[nH]c(-c4[nH]nc5ncc(-c6ccncc6)cc45)cc23)c1. The van der Waals surface area contributed by atoms with Gasteiger partial charge in [-0.3, -0.25) is 15.1 Å². The van der Waals surface area contributed by atoms with Gasteiger partial charge in [-0.15, -0.1) is 0 Å². The van der Waals surface area contributed by atoms with E-state index in [1.54, 1.807) is 31.0 Å². The van der Waals surface area contributed by atoms with Gasteiger partial charge >= 0.3 is 0 Å². The van der Waals surface area contributed by atoms with Crippen LogP contribution in [-0.4, -0.2) is 50.6 Å². The van der Waals surface area contributed by atoms with E-state index in [0.717, 1.165) is 44.4 Å². The maximum atomic E-state index is 14.5. The van der Waals surface area contributed by atoms with Gasteiger partial charge in [0.25, 0.3) is 0 Å². The van der Waals surface area contributed by atoms with Gasteiger partial charge in [0.05, 0.1) is 28.9 Å². The number of aromatic nitrogens is 6. The van der Waals surface area contributed by atoms with Crippen molar-refractivity contribution in [2.24, 2.45) is 0 Å². The van der Waals surface area contributed by atoms with Gasteiger partial charge in [-0.05, 0) is 59.5 Å². The molecule has 0 saturated heterocycles. The third-order valence-corrected chi connectivity index (χ3v) is 7.21. The van der Waals surface area contributed by atoms with Gasteiger partial charge < -0.3 is 4.98 Å². The molecule has 37 heavy (non-hydrogen) atoms. The van der Waals surface area contributed by atoms with Crippen LogP contribution in [0.15, 0.2) is 73.4 Å². The van der Waals surface area contributed by atoms with E-state index in [2.05, 4.69) is 30.1 Å². The van der Waals surface area contributed by atoms with Crippen molar-refractivity contribution in [2.75, 3.05) is 12.0 Å². The van der Waals surface area contributed by atoms with Crippen LogP contribution in [0, 0.1) is 5.82 Å². The number of aromatic amines is 2. The molecule has 8 nitrogen and oxygen atoms in total. The molecule has 10 heteroatoms. The number of halogens is 1. The molecule has 6 aromatic rings. The van der Waals surface area contributed by atoms with E-state index in [0.29, 0.717) is 16.8 Å². The van der Waals surface area contributed by atoms with Crippen molar-refractivity contribution in [1.82, 2.24) is 30.1 Å². The Morgan fingerprint density at radius 2 is 1.73 bits per heavy atom. The summed E-state index contributed by atoms with van der Waals surface area (Å²) >= 11 is 0. The molecule has 0 bridgehead atoms. The zero-order chi connectivity index (χ0) is 25.6. The van der Waals surface area contributed by atoms with E-state index >= 15 is 0 Å². The third kappa shape index (κ3) is 4.58. The van der Waals surface area contributed by atoms with Crippen LogP contribution in [0.5, 0.6) is 0 Å². The molecule has 184 valence electrons. The molecule has 5 aromatic heterocycles. The number of sulfone groups is 1. The number of nitrogens with zero attached hydrogens (tertiary/aromatic N) is 4. The monoisotopic (exact) mass is 512 g/mol. The lowest BCUT2D eigenvalue weighted by atomic mass is 10.0. The summed E-state index contributed by atoms with van der Waals surface area (Å²) in [7, 11) is -3.17. The number of aryl methyl sites for hydroxylation is 1. The summed E-state index contributed by atoms with van der Waals surface area (Å²) in [4.78, 5) is 16.3. The highest BCUT2D eigenvalue weighted by Crippen LogP contribution is 2.34. The molecule has 0 aliphatic heterocycles. The summed E-state index contributed by atoms with van der Waals surface area (Å²) < 4.78 is 37.7. The number of pyridine rings is 3. The second-order valence-electron chi connectivity index (χ2n) is 8.99. The second kappa shape index (κ2) is 8.90. The Morgan fingerprint density at radius 1 is 0.892 bits per heavy atom. The first-order chi connectivity index (χ1) is 17.8. The fraction of sp³-hybridized carbons (Fsp3) is 0.111. The molecule has 6 rings (SSSR count). The predicted octanol–water partition coefficient (Wildman–Crippen LogP) is 4.96. The standard InChI is InChI=1S/C27H21FN6O2S/c1-37(35,36)7-4-16-8-18(10-20(28)9-16)23-14-30-15-25-21(23)12-24(32-25)26-22-11-19(13-31-27(22)34-33-26)17-2-5-29-6-3-17/h2-3,5-6,8-15,32H,4,7H2,1H3,(H,31,33,34). The Hall–Kier alpha value is -4.44. The van der Waals surface area contributed by atoms with E-state index in [4.69, 9.17) is 0 Å². The van der Waals surface area contributed by atoms with Crippen LogP contribution in [-0.2, 0) is 16.3 Å². The highest BCUT2D eigenvalue weighted by atomic mass is 32.2. The van der Waals surface area contributed by atoms with Gasteiger partial charge in [0.1, 0.15) is 15.7 Å². The lowest BCUT2D eigenvalue weighted by Gasteiger charge is -2.07. The van der Waals surface area contributed by atoms with Gasteiger partial charge in [-0.1, -0.05) is 6.07 Å². The van der Waals surface area contributed by atoms with E-state index in [1.165, 1.54) is 18.4 Å². The van der Waals surface area contributed by atoms with Crippen molar-refractivity contribution in [3.8, 4) is 33.6 Å². The van der Waals surface area contributed by atoms with Crippen molar-refractivity contribution in [2.45, 2.75) is 6.42 Å². The van der Waals surface area contributed by atoms with Crippen LogP contribution >= 0.6 is 0 Å². The lowest BCUT2D eigenvalue weighted by Crippen LogP contribution is -2.06. The van der Waals surface area contributed by atoms with E-state index in [1.807, 2.05) is 30.3 Å². The maximum Gasteiger partial charge on any atom is 0.181 e. The van der Waals surface area contributed by atoms with Crippen LogP contribution in [0.3, 0.4) is 0 Å². The fourth-order valence-corrected chi connectivity index (χ4v) is 5.08. The van der Waals surface area contributed by atoms with Crippen LogP contribution in [0.4, 0.5) is 4.39 Å². The van der Waals surface area contributed by atoms with E-state index in [-0.39, 0.29) is 12.2 Å². The number of rotatable bonds is 6. The normalized spacial score (nSPS) is 11.9. The van der Waals surface area contributed by atoms with Crippen molar-refractivity contribution in [3.05, 3.63) is 84.8 Å². The molecule has 0 fully saturated rings. The zero-order valence-electron chi connectivity index (χ0n) is 19.7. The number of nitrogens with one attached hydrogen (secondary N) is 2. The van der Waals surface area contributed by atoms with Crippen molar-refractivity contribution >= 4 is 31.8 Å². The minimum Gasteiger partial charge on any atom is -0.352 e. The minimum absolute atomic E-state index is 0.0466. The molecule has 0 amide bonds. The Kier molecular flexibility index (Phi) is 5.53. The van der Waals surface area contributed by atoms with Crippen molar-refractivity contribution < 1.29 is 12.8 Å². The predicted molar refractivity (Wildman–Crippen MR) is 141 cm³/mol. The van der Waals surface area contributed by atoms with Crippen LogP contribution < -0.4 is 0 Å². The quantitative estimate of drug-likeness (QED) is 0.326. The molecule has 5 heterocycles. The third-order valence-electron chi connectivity index (χ3n) is 6.27. The highest BCUT2D eigenvalue weighted by Gasteiger charge is 2.16. The van der Waals surface area contributed by atoms with Gasteiger partial charge in [-0.25, -0.2) is 17.8 Å². The zero-order valence-corrected chi connectivity index (χ0v) is 20.6. The summed E-state index contributed by atoms with van der Waals surface area (Å²) in [6, 6.07) is 12.5. The molecular weight excluding hydrogens is 491 g/mol.